The predicted octanol–water partition coefficient (Wildman–Crippen LogP) is 6.07. The number of carbonyl (C=O) groups is 1. The van der Waals surface area contributed by atoms with Gasteiger partial charge in [-0.25, -0.2) is 0 Å². The molecule has 1 unspecified atom stereocenters. The molecule has 27 heavy (non-hydrogen) atoms. The number of benzene rings is 3. The summed E-state index contributed by atoms with van der Waals surface area (Å²) in [6.45, 7) is 2.18. The van der Waals surface area contributed by atoms with E-state index in [1.165, 1.54) is 5.56 Å². The van der Waals surface area contributed by atoms with Crippen LogP contribution in [0, 0.1) is 0 Å². The maximum atomic E-state index is 13.6. The van der Waals surface area contributed by atoms with Crippen LogP contribution in [-0.2, 0) is 10.2 Å². The third-order valence-corrected chi connectivity index (χ3v) is 5.54. The molecule has 0 aromatic heterocycles. The lowest BCUT2D eigenvalue weighted by Gasteiger charge is -2.40. The Bertz CT molecular complexity index is 832. The number of rotatable bonds is 8. The summed E-state index contributed by atoms with van der Waals surface area (Å²) in [5, 5.41) is 0. The molecule has 0 aliphatic rings. The Labute approximate surface area is 164 Å². The molecule has 1 atom stereocenters. The number of Topliss-reactive ketones (excluding diaryl/α,β-unsaturated/α-hetero) is 1. The van der Waals surface area contributed by atoms with Gasteiger partial charge in [0.2, 0.25) is 0 Å². The Kier molecular flexibility index (Phi) is 6.37. The van der Waals surface area contributed by atoms with Crippen LogP contribution in [0.1, 0.15) is 42.4 Å². The molecule has 0 radical (unpaired) electrons. The molecule has 3 rings (SSSR count). The van der Waals surface area contributed by atoms with E-state index in [0.717, 1.165) is 24.0 Å². The van der Waals surface area contributed by atoms with Crippen LogP contribution in [0.5, 0.6) is 0 Å². The van der Waals surface area contributed by atoms with Crippen molar-refractivity contribution in [2.24, 2.45) is 0 Å². The lowest BCUT2D eigenvalue weighted by molar-refractivity contribution is -0.117. The van der Waals surface area contributed by atoms with Crippen molar-refractivity contribution < 1.29 is 4.79 Å². The molecule has 3 aromatic carbocycles. The van der Waals surface area contributed by atoms with E-state index in [1.54, 1.807) is 5.80 Å². The van der Waals surface area contributed by atoms with E-state index in [4.69, 9.17) is 0 Å². The summed E-state index contributed by atoms with van der Waals surface area (Å²) in [6, 6.07) is 30.8. The standard InChI is InChI=1S/C25H25OP/c1-2-12-23(20-13-6-3-7-14-20)25(24(26)19-27,21-15-8-4-9-16-21)22-17-10-5-11-18-22/h3-11,13-19,23,27H,2,12H2,1H3. The Morgan fingerprint density at radius 1 is 0.852 bits per heavy atom. The Hall–Kier alpha value is -2.50. The largest absolute Gasteiger partial charge is 0.293 e. The minimum absolute atomic E-state index is 0.0357. The zero-order valence-corrected chi connectivity index (χ0v) is 16.6. The van der Waals surface area contributed by atoms with Gasteiger partial charge >= 0.3 is 0 Å². The molecule has 0 aliphatic carbocycles. The quantitative estimate of drug-likeness (QED) is 0.439. The lowest BCUT2D eigenvalue weighted by Crippen LogP contribution is -2.43. The summed E-state index contributed by atoms with van der Waals surface area (Å²) in [7, 11) is 3.42. The first-order valence-corrected chi connectivity index (χ1v) is 10.0. The average Bonchev–Trinajstić information content (AvgIpc) is 2.75. The smallest absolute Gasteiger partial charge is 0.175 e. The first kappa shape index (κ1) is 19.3. The molecule has 0 aliphatic heterocycles. The maximum Gasteiger partial charge on any atom is 0.175 e. The summed E-state index contributed by atoms with van der Waals surface area (Å²) in [6.07, 6.45) is 1.91. The van der Waals surface area contributed by atoms with Gasteiger partial charge in [0.1, 0.15) is 0 Å². The van der Waals surface area contributed by atoms with Crippen molar-refractivity contribution in [1.82, 2.24) is 0 Å². The lowest BCUT2D eigenvalue weighted by atomic mass is 9.60. The number of hydrogen-bond acceptors (Lipinski definition) is 1. The van der Waals surface area contributed by atoms with Crippen LogP contribution in [0.25, 0.3) is 0 Å². The Morgan fingerprint density at radius 2 is 1.30 bits per heavy atom. The van der Waals surface area contributed by atoms with Crippen LogP contribution in [-0.4, -0.2) is 11.6 Å². The van der Waals surface area contributed by atoms with Crippen molar-refractivity contribution in [3.8, 4) is 0 Å². The molecule has 3 aromatic rings. The molecule has 0 heterocycles. The number of ketones is 1. The normalized spacial score (nSPS) is 12.3. The third kappa shape index (κ3) is 3.66. The van der Waals surface area contributed by atoms with Crippen LogP contribution in [0.4, 0.5) is 0 Å². The van der Waals surface area contributed by atoms with Crippen LogP contribution in [0.3, 0.4) is 0 Å². The van der Waals surface area contributed by atoms with Crippen LogP contribution >= 0.6 is 8.86 Å². The second-order valence-electron chi connectivity index (χ2n) is 6.80. The molecule has 0 bridgehead atoms. The van der Waals surface area contributed by atoms with E-state index in [0.29, 0.717) is 0 Å². The first-order chi connectivity index (χ1) is 13.2. The highest BCUT2D eigenvalue weighted by molar-refractivity contribution is 7.22. The molecule has 136 valence electrons. The minimum Gasteiger partial charge on any atom is -0.293 e. The van der Waals surface area contributed by atoms with Gasteiger partial charge < -0.3 is 0 Å². The molecular weight excluding hydrogens is 347 g/mol. The zero-order chi connectivity index (χ0) is 19.1. The van der Waals surface area contributed by atoms with E-state index < -0.39 is 5.41 Å². The van der Waals surface area contributed by atoms with Gasteiger partial charge in [-0.15, -0.1) is 8.86 Å². The highest BCUT2D eigenvalue weighted by Crippen LogP contribution is 2.47. The van der Waals surface area contributed by atoms with Crippen LogP contribution in [0.2, 0.25) is 0 Å². The molecule has 1 nitrogen and oxygen atoms in total. The van der Waals surface area contributed by atoms with E-state index >= 15 is 0 Å². The Morgan fingerprint density at radius 3 is 1.70 bits per heavy atom. The highest BCUT2D eigenvalue weighted by Gasteiger charge is 2.47. The molecule has 0 saturated heterocycles. The van der Waals surface area contributed by atoms with Gasteiger partial charge in [0.15, 0.2) is 5.78 Å². The van der Waals surface area contributed by atoms with E-state index in [9.17, 15) is 4.79 Å². The van der Waals surface area contributed by atoms with Crippen molar-refractivity contribution in [3.63, 3.8) is 0 Å². The van der Waals surface area contributed by atoms with E-state index in [2.05, 4.69) is 64.3 Å². The molecule has 0 saturated carbocycles. The van der Waals surface area contributed by atoms with E-state index in [1.807, 2.05) is 42.5 Å². The number of hydrogen-bond donors (Lipinski definition) is 0. The van der Waals surface area contributed by atoms with Gasteiger partial charge in [-0.2, -0.15) is 0 Å². The van der Waals surface area contributed by atoms with Crippen molar-refractivity contribution in [2.75, 3.05) is 0 Å². The molecule has 2 heteroatoms. The van der Waals surface area contributed by atoms with Gasteiger partial charge in [-0.3, -0.25) is 4.79 Å². The summed E-state index contributed by atoms with van der Waals surface area (Å²) >= 11 is 0. The zero-order valence-electron chi connectivity index (χ0n) is 15.6. The summed E-state index contributed by atoms with van der Waals surface area (Å²) in [4.78, 5) is 13.6. The second-order valence-corrected chi connectivity index (χ2v) is 7.09. The molecule has 0 amide bonds. The van der Waals surface area contributed by atoms with Crippen molar-refractivity contribution in [1.29, 1.82) is 0 Å². The van der Waals surface area contributed by atoms with Gasteiger partial charge in [0, 0.05) is 11.7 Å². The fraction of sp³-hybridized carbons (Fsp3) is 0.200. The summed E-state index contributed by atoms with van der Waals surface area (Å²) < 4.78 is 0. The summed E-state index contributed by atoms with van der Waals surface area (Å²) in [5.74, 6) is 1.65. The average molecular weight is 372 g/mol. The predicted molar refractivity (Wildman–Crippen MR) is 117 cm³/mol. The van der Waals surface area contributed by atoms with Crippen LogP contribution in [0.15, 0.2) is 91.0 Å². The van der Waals surface area contributed by atoms with Crippen LogP contribution < -0.4 is 0 Å². The van der Waals surface area contributed by atoms with E-state index in [-0.39, 0.29) is 11.7 Å². The second kappa shape index (κ2) is 8.93. The third-order valence-electron chi connectivity index (χ3n) is 5.28. The fourth-order valence-electron chi connectivity index (χ4n) is 4.15. The van der Waals surface area contributed by atoms with Gasteiger partial charge in [-0.1, -0.05) is 104 Å². The summed E-state index contributed by atoms with van der Waals surface area (Å²) in [5.41, 5.74) is 2.46. The van der Waals surface area contributed by atoms with Gasteiger partial charge in [0.05, 0.1) is 5.41 Å². The fourth-order valence-corrected chi connectivity index (χ4v) is 4.38. The molecular formula is C25H25OP. The minimum atomic E-state index is -0.776. The Balaban J connectivity index is 2.37. The van der Waals surface area contributed by atoms with Crippen molar-refractivity contribution in [2.45, 2.75) is 31.1 Å². The molecule has 0 fully saturated rings. The SMILES string of the molecule is CCCC(c1ccccc1)C(C(=O)C=P)(c1ccccc1)c1ccccc1. The number of carbonyl (C=O) groups excluding carboxylic acids is 1. The topological polar surface area (TPSA) is 17.1 Å². The van der Waals surface area contributed by atoms with Crippen molar-refractivity contribution >= 4 is 20.4 Å². The maximum absolute atomic E-state index is 13.6. The molecule has 0 N–H and O–H groups in total. The molecule has 0 spiro atoms. The highest BCUT2D eigenvalue weighted by atomic mass is 31.0. The van der Waals surface area contributed by atoms with Gasteiger partial charge in [-0.05, 0) is 23.1 Å². The monoisotopic (exact) mass is 372 g/mol. The first-order valence-electron chi connectivity index (χ1n) is 9.46. The van der Waals surface area contributed by atoms with Crippen molar-refractivity contribution in [3.05, 3.63) is 108 Å². The van der Waals surface area contributed by atoms with Gasteiger partial charge in [0.25, 0.3) is 0 Å².